The lowest BCUT2D eigenvalue weighted by Gasteiger charge is -2.21. The molecule has 0 saturated heterocycles. The van der Waals surface area contributed by atoms with Crippen LogP contribution in [0.2, 0.25) is 0 Å². The number of Topliss-reactive ketones (excluding diaryl/α,β-unsaturated/α-hetero) is 1. The molecule has 0 unspecified atom stereocenters. The van der Waals surface area contributed by atoms with Crippen molar-refractivity contribution in [1.29, 1.82) is 0 Å². The second-order valence-corrected chi connectivity index (χ2v) is 10.2. The lowest BCUT2D eigenvalue weighted by molar-refractivity contribution is -0.113. The van der Waals surface area contributed by atoms with Gasteiger partial charge in [0.15, 0.2) is 5.78 Å². The summed E-state index contributed by atoms with van der Waals surface area (Å²) in [5.74, 6) is 1.71. The molecule has 0 aliphatic rings. The van der Waals surface area contributed by atoms with Crippen molar-refractivity contribution in [1.82, 2.24) is 4.90 Å². The highest BCUT2D eigenvalue weighted by atomic mass is 16.5. The van der Waals surface area contributed by atoms with Crippen LogP contribution in [0.1, 0.15) is 50.8 Å². The van der Waals surface area contributed by atoms with Crippen molar-refractivity contribution in [2.45, 2.75) is 46.1 Å². The van der Waals surface area contributed by atoms with E-state index in [1.165, 1.54) is 0 Å². The van der Waals surface area contributed by atoms with Crippen LogP contribution in [0.15, 0.2) is 78.9 Å². The van der Waals surface area contributed by atoms with Crippen molar-refractivity contribution in [3.8, 4) is 11.5 Å². The van der Waals surface area contributed by atoms with Crippen molar-refractivity contribution in [3.05, 3.63) is 95.6 Å². The summed E-state index contributed by atoms with van der Waals surface area (Å²) >= 11 is 0. The molecule has 0 bridgehead atoms. The zero-order valence-corrected chi connectivity index (χ0v) is 22.5. The van der Waals surface area contributed by atoms with Crippen LogP contribution in [-0.2, 0) is 11.2 Å². The van der Waals surface area contributed by atoms with Crippen LogP contribution in [0.4, 0.5) is 0 Å². The Morgan fingerprint density at radius 1 is 0.806 bits per heavy atom. The highest BCUT2D eigenvalue weighted by Crippen LogP contribution is 2.32. The fourth-order valence-corrected chi connectivity index (χ4v) is 4.03. The van der Waals surface area contributed by atoms with Crippen molar-refractivity contribution < 1.29 is 14.3 Å². The Bertz CT molecular complexity index is 1140. The maximum Gasteiger partial charge on any atom is 0.168 e. The number of ether oxygens (including phenoxy) is 2. The molecule has 0 aromatic heterocycles. The molecule has 0 heterocycles. The van der Waals surface area contributed by atoms with Crippen LogP contribution in [0, 0.1) is 0 Å². The van der Waals surface area contributed by atoms with Crippen LogP contribution >= 0.6 is 0 Å². The van der Waals surface area contributed by atoms with Crippen LogP contribution in [0.25, 0.3) is 11.1 Å². The van der Waals surface area contributed by atoms with Crippen molar-refractivity contribution in [2.24, 2.45) is 0 Å². The molecule has 190 valence electrons. The van der Waals surface area contributed by atoms with Crippen LogP contribution in [0.5, 0.6) is 11.5 Å². The smallest absolute Gasteiger partial charge is 0.168 e. The van der Waals surface area contributed by atoms with Gasteiger partial charge in [0.25, 0.3) is 0 Å². The maximum atomic E-state index is 13.8. The Morgan fingerprint density at radius 3 is 1.97 bits per heavy atom. The zero-order valence-electron chi connectivity index (χ0n) is 22.5. The fourth-order valence-electron chi connectivity index (χ4n) is 4.03. The Balaban J connectivity index is 1.90. The molecule has 0 N–H and O–H groups in total. The molecule has 3 aromatic carbocycles. The van der Waals surface area contributed by atoms with Gasteiger partial charge < -0.3 is 14.4 Å². The number of carbonyl (C=O) groups is 1. The molecule has 0 saturated carbocycles. The summed E-state index contributed by atoms with van der Waals surface area (Å²) < 4.78 is 11.8. The van der Waals surface area contributed by atoms with E-state index in [1.54, 1.807) is 0 Å². The average molecular weight is 486 g/mol. The molecule has 3 aromatic rings. The summed E-state index contributed by atoms with van der Waals surface area (Å²) in [6, 6.07) is 25.9. The predicted octanol–water partition coefficient (Wildman–Crippen LogP) is 6.94. The van der Waals surface area contributed by atoms with Gasteiger partial charge in [-0.3, -0.25) is 4.79 Å². The van der Waals surface area contributed by atoms with Crippen molar-refractivity contribution in [2.75, 3.05) is 27.2 Å². The number of hydrogen-bond acceptors (Lipinski definition) is 4. The first-order valence-electron chi connectivity index (χ1n) is 12.6. The SMILES string of the molecule is CCC(=C(C(=O)Cc1ccc(OCCN(C)C)cc1)c1ccc(OC(C)(C)C)cc1)c1ccccc1. The molecule has 0 spiro atoms. The molecule has 0 amide bonds. The standard InChI is InChI=1S/C32H39NO3/c1-7-29(25-11-9-8-10-12-25)31(26-15-19-28(20-16-26)36-32(2,3)4)30(34)23-24-13-17-27(18-14-24)35-22-21-33(5)6/h8-20H,7,21-23H2,1-6H3. The van der Waals surface area contributed by atoms with E-state index < -0.39 is 0 Å². The summed E-state index contributed by atoms with van der Waals surface area (Å²) in [5, 5.41) is 0. The normalized spacial score (nSPS) is 12.3. The largest absolute Gasteiger partial charge is 0.492 e. The number of allylic oxidation sites excluding steroid dienone is 2. The van der Waals surface area contributed by atoms with E-state index in [-0.39, 0.29) is 11.4 Å². The number of rotatable bonds is 11. The van der Waals surface area contributed by atoms with Gasteiger partial charge in [-0.15, -0.1) is 0 Å². The van der Waals surface area contributed by atoms with E-state index in [2.05, 4.69) is 24.0 Å². The summed E-state index contributed by atoms with van der Waals surface area (Å²) in [7, 11) is 4.04. The van der Waals surface area contributed by atoms with Gasteiger partial charge in [0.05, 0.1) is 0 Å². The molecule has 4 heteroatoms. The Labute approximate surface area is 216 Å². The molecule has 0 radical (unpaired) electrons. The summed E-state index contributed by atoms with van der Waals surface area (Å²) in [5.41, 5.74) is 4.48. The highest BCUT2D eigenvalue weighted by Gasteiger charge is 2.19. The third kappa shape index (κ3) is 8.10. The summed E-state index contributed by atoms with van der Waals surface area (Å²) in [6.45, 7) is 9.67. The van der Waals surface area contributed by atoms with Gasteiger partial charge in [-0.05, 0) is 87.8 Å². The van der Waals surface area contributed by atoms with Gasteiger partial charge in [0.2, 0.25) is 0 Å². The van der Waals surface area contributed by atoms with E-state index >= 15 is 0 Å². The van der Waals surface area contributed by atoms with Crippen LogP contribution in [-0.4, -0.2) is 43.5 Å². The summed E-state index contributed by atoms with van der Waals surface area (Å²) in [4.78, 5) is 15.9. The molecular weight excluding hydrogens is 446 g/mol. The Morgan fingerprint density at radius 2 is 1.42 bits per heavy atom. The lowest BCUT2D eigenvalue weighted by atomic mass is 9.88. The molecule has 3 rings (SSSR count). The molecule has 36 heavy (non-hydrogen) atoms. The lowest BCUT2D eigenvalue weighted by Crippen LogP contribution is -2.22. The van der Waals surface area contributed by atoms with E-state index in [0.717, 1.165) is 52.3 Å². The first-order valence-corrected chi connectivity index (χ1v) is 12.6. The van der Waals surface area contributed by atoms with E-state index in [0.29, 0.717) is 13.0 Å². The van der Waals surface area contributed by atoms with Crippen molar-refractivity contribution >= 4 is 16.9 Å². The topological polar surface area (TPSA) is 38.8 Å². The van der Waals surface area contributed by atoms with Gasteiger partial charge in [0.1, 0.15) is 23.7 Å². The Kier molecular flexibility index (Phi) is 9.49. The zero-order chi connectivity index (χ0) is 26.1. The minimum Gasteiger partial charge on any atom is -0.492 e. The fraction of sp³-hybridized carbons (Fsp3) is 0.344. The molecular formula is C32H39NO3. The minimum absolute atomic E-state index is 0.0986. The number of likely N-dealkylation sites (N-methyl/N-ethyl adjacent to an activating group) is 1. The van der Waals surface area contributed by atoms with E-state index in [9.17, 15) is 4.79 Å². The number of hydrogen-bond donors (Lipinski definition) is 0. The number of nitrogens with zero attached hydrogens (tertiary/aromatic N) is 1. The predicted molar refractivity (Wildman–Crippen MR) is 150 cm³/mol. The van der Waals surface area contributed by atoms with Crippen LogP contribution in [0.3, 0.4) is 0 Å². The first-order chi connectivity index (χ1) is 17.2. The average Bonchev–Trinajstić information content (AvgIpc) is 2.83. The first kappa shape index (κ1) is 27.2. The Hall–Kier alpha value is -3.37. The monoisotopic (exact) mass is 485 g/mol. The second-order valence-electron chi connectivity index (χ2n) is 10.2. The number of benzene rings is 3. The third-order valence-electron chi connectivity index (χ3n) is 5.72. The van der Waals surface area contributed by atoms with Crippen molar-refractivity contribution in [3.63, 3.8) is 0 Å². The van der Waals surface area contributed by atoms with Gasteiger partial charge >= 0.3 is 0 Å². The molecule has 0 fully saturated rings. The molecule has 4 nitrogen and oxygen atoms in total. The highest BCUT2D eigenvalue weighted by molar-refractivity contribution is 6.28. The maximum absolute atomic E-state index is 13.8. The van der Waals surface area contributed by atoms with E-state index in [4.69, 9.17) is 9.47 Å². The van der Waals surface area contributed by atoms with Gasteiger partial charge in [0, 0.05) is 18.5 Å². The second kappa shape index (κ2) is 12.5. The van der Waals surface area contributed by atoms with E-state index in [1.807, 2.05) is 102 Å². The molecule has 0 aliphatic carbocycles. The quantitative estimate of drug-likeness (QED) is 0.218. The van der Waals surface area contributed by atoms with Gasteiger partial charge in [-0.2, -0.15) is 0 Å². The van der Waals surface area contributed by atoms with Gasteiger partial charge in [-0.25, -0.2) is 0 Å². The molecule has 0 aliphatic heterocycles. The minimum atomic E-state index is -0.281. The molecule has 0 atom stereocenters. The van der Waals surface area contributed by atoms with Gasteiger partial charge in [-0.1, -0.05) is 61.5 Å². The number of carbonyl (C=O) groups excluding carboxylic acids is 1. The van der Waals surface area contributed by atoms with Crippen LogP contribution < -0.4 is 9.47 Å². The summed E-state index contributed by atoms with van der Waals surface area (Å²) in [6.07, 6.45) is 1.08. The third-order valence-corrected chi connectivity index (χ3v) is 5.72. The number of ketones is 1.